The third kappa shape index (κ3) is 2.60. The van der Waals surface area contributed by atoms with E-state index in [0.717, 1.165) is 25.0 Å². The highest BCUT2D eigenvalue weighted by molar-refractivity contribution is 5.76. The molecule has 7 heteroatoms. The Kier molecular flexibility index (Phi) is 3.45. The minimum absolute atomic E-state index is 0.153. The van der Waals surface area contributed by atoms with Crippen molar-refractivity contribution in [3.63, 3.8) is 0 Å². The van der Waals surface area contributed by atoms with Crippen molar-refractivity contribution in [3.8, 4) is 5.88 Å². The molecule has 7 nitrogen and oxygen atoms in total. The molecule has 0 aliphatic carbocycles. The zero-order valence-corrected chi connectivity index (χ0v) is 10.8. The Labute approximate surface area is 110 Å². The van der Waals surface area contributed by atoms with Gasteiger partial charge in [0.1, 0.15) is 12.1 Å². The fourth-order valence-corrected chi connectivity index (χ4v) is 2.13. The van der Waals surface area contributed by atoms with E-state index in [4.69, 9.17) is 9.47 Å². The van der Waals surface area contributed by atoms with Gasteiger partial charge in [0.25, 0.3) is 0 Å². The molecule has 19 heavy (non-hydrogen) atoms. The average molecular weight is 263 g/mol. The van der Waals surface area contributed by atoms with E-state index in [2.05, 4.69) is 25.3 Å². The maximum absolute atomic E-state index is 5.77. The van der Waals surface area contributed by atoms with Gasteiger partial charge in [-0.3, -0.25) is 0 Å². The Balaban J connectivity index is 1.77. The van der Waals surface area contributed by atoms with Crippen molar-refractivity contribution in [1.82, 2.24) is 19.9 Å². The molecule has 1 fully saturated rings. The topological polar surface area (TPSA) is 85.0 Å². The van der Waals surface area contributed by atoms with Gasteiger partial charge in [-0.15, -0.1) is 0 Å². The second-order valence-electron chi connectivity index (χ2n) is 4.50. The first-order valence-corrected chi connectivity index (χ1v) is 6.50. The van der Waals surface area contributed by atoms with Crippen molar-refractivity contribution in [2.45, 2.75) is 25.4 Å². The van der Waals surface area contributed by atoms with Crippen molar-refractivity contribution in [1.29, 1.82) is 0 Å². The molecule has 0 amide bonds. The summed E-state index contributed by atoms with van der Waals surface area (Å²) in [6.07, 6.45) is 5.11. The summed E-state index contributed by atoms with van der Waals surface area (Å²) < 4.78 is 11.4. The SMILES string of the molecule is CNc1nc(OCC2CCCCO2)c2[nH]cnc2n1. The number of H-pyrrole nitrogens is 1. The van der Waals surface area contributed by atoms with Gasteiger partial charge in [0.15, 0.2) is 5.65 Å². The molecule has 1 saturated heterocycles. The predicted molar refractivity (Wildman–Crippen MR) is 70.3 cm³/mol. The van der Waals surface area contributed by atoms with E-state index in [1.165, 1.54) is 6.42 Å². The molecule has 3 heterocycles. The number of nitrogens with zero attached hydrogens (tertiary/aromatic N) is 3. The number of ether oxygens (including phenoxy) is 2. The van der Waals surface area contributed by atoms with Crippen LogP contribution in [-0.2, 0) is 4.74 Å². The van der Waals surface area contributed by atoms with Gasteiger partial charge in [-0.05, 0) is 19.3 Å². The molecule has 0 aromatic carbocycles. The molecule has 0 bridgehead atoms. The fraction of sp³-hybridized carbons (Fsp3) is 0.583. The Bertz CT molecular complexity index is 550. The van der Waals surface area contributed by atoms with Gasteiger partial charge in [0, 0.05) is 13.7 Å². The number of rotatable bonds is 4. The molecule has 102 valence electrons. The highest BCUT2D eigenvalue weighted by atomic mass is 16.5. The zero-order chi connectivity index (χ0) is 13.1. The van der Waals surface area contributed by atoms with Gasteiger partial charge in [-0.25, -0.2) is 4.98 Å². The van der Waals surface area contributed by atoms with Crippen LogP contribution in [0, 0.1) is 0 Å². The Hall–Kier alpha value is -1.89. The lowest BCUT2D eigenvalue weighted by atomic mass is 10.1. The van der Waals surface area contributed by atoms with Crippen LogP contribution in [0.15, 0.2) is 6.33 Å². The highest BCUT2D eigenvalue weighted by Crippen LogP contribution is 2.22. The molecule has 1 aliphatic heterocycles. The predicted octanol–water partition coefficient (Wildman–Crippen LogP) is 1.34. The zero-order valence-electron chi connectivity index (χ0n) is 10.8. The van der Waals surface area contributed by atoms with Crippen molar-refractivity contribution in [2.75, 3.05) is 25.6 Å². The number of anilines is 1. The summed E-state index contributed by atoms with van der Waals surface area (Å²) in [4.78, 5) is 15.7. The molecule has 2 aromatic rings. The Morgan fingerprint density at radius 1 is 1.47 bits per heavy atom. The molecule has 1 atom stereocenters. The number of fused-ring (bicyclic) bond motifs is 1. The van der Waals surface area contributed by atoms with E-state index in [9.17, 15) is 0 Å². The molecule has 3 rings (SSSR count). The lowest BCUT2D eigenvalue weighted by Gasteiger charge is -2.22. The number of hydrogen-bond donors (Lipinski definition) is 2. The van der Waals surface area contributed by atoms with Crippen LogP contribution in [0.2, 0.25) is 0 Å². The van der Waals surface area contributed by atoms with Gasteiger partial charge in [-0.2, -0.15) is 9.97 Å². The second kappa shape index (κ2) is 5.40. The van der Waals surface area contributed by atoms with Crippen LogP contribution in [0.3, 0.4) is 0 Å². The lowest BCUT2D eigenvalue weighted by molar-refractivity contribution is -0.0116. The summed E-state index contributed by atoms with van der Waals surface area (Å²) in [6.45, 7) is 1.33. The molecule has 2 aromatic heterocycles. The summed E-state index contributed by atoms with van der Waals surface area (Å²) >= 11 is 0. The summed E-state index contributed by atoms with van der Waals surface area (Å²) in [5, 5.41) is 2.90. The molecule has 2 N–H and O–H groups in total. The molecule has 0 radical (unpaired) electrons. The van der Waals surface area contributed by atoms with Gasteiger partial charge in [0.05, 0.1) is 12.4 Å². The summed E-state index contributed by atoms with van der Waals surface area (Å²) in [5.74, 6) is 1.01. The van der Waals surface area contributed by atoms with E-state index in [1.54, 1.807) is 13.4 Å². The number of hydrogen-bond acceptors (Lipinski definition) is 6. The maximum Gasteiger partial charge on any atom is 0.245 e. The Morgan fingerprint density at radius 3 is 3.21 bits per heavy atom. The number of nitrogens with one attached hydrogen (secondary N) is 2. The third-order valence-electron chi connectivity index (χ3n) is 3.16. The molecule has 1 unspecified atom stereocenters. The molecular weight excluding hydrogens is 246 g/mol. The summed E-state index contributed by atoms with van der Waals surface area (Å²) in [7, 11) is 1.77. The van der Waals surface area contributed by atoms with Crippen LogP contribution in [0.25, 0.3) is 11.2 Å². The summed E-state index contributed by atoms with van der Waals surface area (Å²) in [5.41, 5.74) is 1.31. The normalized spacial score (nSPS) is 19.5. The number of imidazole rings is 1. The van der Waals surface area contributed by atoms with Gasteiger partial charge in [0.2, 0.25) is 11.8 Å². The quantitative estimate of drug-likeness (QED) is 0.866. The Morgan fingerprint density at radius 2 is 2.42 bits per heavy atom. The smallest absolute Gasteiger partial charge is 0.245 e. The third-order valence-corrected chi connectivity index (χ3v) is 3.16. The molecule has 1 aliphatic rings. The van der Waals surface area contributed by atoms with Crippen molar-refractivity contribution >= 4 is 17.1 Å². The van der Waals surface area contributed by atoms with E-state index in [0.29, 0.717) is 24.1 Å². The minimum Gasteiger partial charge on any atom is -0.473 e. The van der Waals surface area contributed by atoms with Crippen LogP contribution in [0.1, 0.15) is 19.3 Å². The fourth-order valence-electron chi connectivity index (χ4n) is 2.13. The molecule has 0 saturated carbocycles. The minimum atomic E-state index is 0.153. The van der Waals surface area contributed by atoms with E-state index in [-0.39, 0.29) is 6.10 Å². The first kappa shape index (κ1) is 12.2. The van der Waals surface area contributed by atoms with Crippen molar-refractivity contribution < 1.29 is 9.47 Å². The van der Waals surface area contributed by atoms with Gasteiger partial charge in [-0.1, -0.05) is 0 Å². The molecule has 0 spiro atoms. The van der Waals surface area contributed by atoms with E-state index in [1.807, 2.05) is 0 Å². The van der Waals surface area contributed by atoms with Crippen LogP contribution in [0.5, 0.6) is 5.88 Å². The first-order valence-electron chi connectivity index (χ1n) is 6.50. The average Bonchev–Trinajstić information content (AvgIpc) is 2.94. The lowest BCUT2D eigenvalue weighted by Crippen LogP contribution is -2.26. The van der Waals surface area contributed by atoms with Crippen molar-refractivity contribution in [2.24, 2.45) is 0 Å². The van der Waals surface area contributed by atoms with Crippen LogP contribution in [-0.4, -0.2) is 46.3 Å². The highest BCUT2D eigenvalue weighted by Gasteiger charge is 2.17. The monoisotopic (exact) mass is 263 g/mol. The van der Waals surface area contributed by atoms with Crippen LogP contribution >= 0.6 is 0 Å². The van der Waals surface area contributed by atoms with E-state index < -0.39 is 0 Å². The summed E-state index contributed by atoms with van der Waals surface area (Å²) in [6, 6.07) is 0. The number of aromatic nitrogens is 4. The van der Waals surface area contributed by atoms with Crippen LogP contribution < -0.4 is 10.1 Å². The van der Waals surface area contributed by atoms with Gasteiger partial charge >= 0.3 is 0 Å². The maximum atomic E-state index is 5.77. The standard InChI is InChI=1S/C12H17N5O2/c1-13-12-16-10-9(14-7-15-10)11(17-12)19-6-8-4-2-3-5-18-8/h7-8H,2-6H2,1H3,(H2,13,14,15,16,17). The first-order chi connectivity index (χ1) is 9.36. The van der Waals surface area contributed by atoms with E-state index >= 15 is 0 Å². The molecular formula is C12H17N5O2. The van der Waals surface area contributed by atoms with Gasteiger partial charge < -0.3 is 19.8 Å². The number of aromatic amines is 1. The van der Waals surface area contributed by atoms with Crippen LogP contribution in [0.4, 0.5) is 5.95 Å². The second-order valence-corrected chi connectivity index (χ2v) is 4.50. The van der Waals surface area contributed by atoms with Crippen molar-refractivity contribution in [3.05, 3.63) is 6.33 Å². The largest absolute Gasteiger partial charge is 0.473 e.